The lowest BCUT2D eigenvalue weighted by atomic mass is 9.71. The van der Waals surface area contributed by atoms with Crippen molar-refractivity contribution in [1.82, 2.24) is 0 Å². The first kappa shape index (κ1) is 12.4. The van der Waals surface area contributed by atoms with E-state index < -0.39 is 5.60 Å². The minimum absolute atomic E-state index is 0.421. The predicted molar refractivity (Wildman–Crippen MR) is 78.1 cm³/mol. The minimum Gasteiger partial charge on any atom is -0.385 e. The fourth-order valence-corrected chi connectivity index (χ4v) is 3.30. The average Bonchev–Trinajstić information content (AvgIpc) is 2.49. The van der Waals surface area contributed by atoms with Crippen LogP contribution in [-0.2, 0) is 5.60 Å². The zero-order valence-electron chi connectivity index (χ0n) is 11.3. The van der Waals surface area contributed by atoms with Crippen LogP contribution in [0.2, 0.25) is 0 Å². The van der Waals surface area contributed by atoms with E-state index in [-0.39, 0.29) is 0 Å². The van der Waals surface area contributed by atoms with Crippen LogP contribution in [-0.4, -0.2) is 5.11 Å². The van der Waals surface area contributed by atoms with Gasteiger partial charge >= 0.3 is 0 Å². The summed E-state index contributed by atoms with van der Waals surface area (Å²) in [5.74, 6) is 0.421. The molecule has 0 bridgehead atoms. The van der Waals surface area contributed by atoms with E-state index in [1.54, 1.807) is 0 Å². The highest BCUT2D eigenvalue weighted by atomic mass is 16.3. The first-order valence-electron chi connectivity index (χ1n) is 7.11. The quantitative estimate of drug-likeness (QED) is 0.849. The molecule has 19 heavy (non-hydrogen) atoms. The minimum atomic E-state index is -0.637. The smallest absolute Gasteiger partial charge is 0.0897 e. The van der Waals surface area contributed by atoms with Gasteiger partial charge in [0.15, 0.2) is 0 Å². The molecule has 0 radical (unpaired) electrons. The second kappa shape index (κ2) is 4.82. The van der Waals surface area contributed by atoms with Crippen LogP contribution in [0.3, 0.4) is 0 Å². The maximum atomic E-state index is 10.8. The Kier molecular flexibility index (Phi) is 3.16. The third-order valence-corrected chi connectivity index (χ3v) is 4.47. The van der Waals surface area contributed by atoms with Crippen LogP contribution >= 0.6 is 0 Å². The molecule has 2 atom stereocenters. The Morgan fingerprint density at radius 3 is 2.47 bits per heavy atom. The molecule has 0 spiro atoms. The lowest BCUT2D eigenvalue weighted by molar-refractivity contribution is 0.0127. The van der Waals surface area contributed by atoms with Gasteiger partial charge in [-0.3, -0.25) is 0 Å². The summed E-state index contributed by atoms with van der Waals surface area (Å²) in [5, 5.41) is 10.8. The molecule has 0 heterocycles. The van der Waals surface area contributed by atoms with Gasteiger partial charge in [-0.1, -0.05) is 61.5 Å². The highest BCUT2D eigenvalue weighted by molar-refractivity contribution is 5.43. The van der Waals surface area contributed by atoms with E-state index in [9.17, 15) is 5.11 Å². The van der Waals surface area contributed by atoms with Crippen LogP contribution in [0.1, 0.15) is 48.8 Å². The van der Waals surface area contributed by atoms with Crippen molar-refractivity contribution in [2.45, 2.75) is 37.7 Å². The molecule has 1 aliphatic carbocycles. The molecular formula is C18H20O. The van der Waals surface area contributed by atoms with Gasteiger partial charge in [0, 0.05) is 5.92 Å². The monoisotopic (exact) mass is 252 g/mol. The lowest BCUT2D eigenvalue weighted by Gasteiger charge is -2.38. The molecule has 3 rings (SSSR count). The summed E-state index contributed by atoms with van der Waals surface area (Å²) in [7, 11) is 0. The van der Waals surface area contributed by atoms with Crippen LogP contribution in [0.5, 0.6) is 0 Å². The summed E-state index contributed by atoms with van der Waals surface area (Å²) in [6, 6.07) is 19.0. The second-order valence-corrected chi connectivity index (χ2v) is 5.47. The largest absolute Gasteiger partial charge is 0.385 e. The van der Waals surface area contributed by atoms with Crippen molar-refractivity contribution in [2.75, 3.05) is 0 Å². The summed E-state index contributed by atoms with van der Waals surface area (Å²) in [6.45, 7) is 2.07. The molecule has 1 heteroatoms. The molecule has 2 aromatic rings. The zero-order valence-corrected chi connectivity index (χ0v) is 11.3. The molecular weight excluding hydrogens is 232 g/mol. The van der Waals surface area contributed by atoms with Gasteiger partial charge in [0.2, 0.25) is 0 Å². The van der Waals surface area contributed by atoms with Crippen molar-refractivity contribution in [3.8, 4) is 0 Å². The zero-order chi connectivity index (χ0) is 13.3. The topological polar surface area (TPSA) is 20.2 Å². The lowest BCUT2D eigenvalue weighted by Crippen LogP contribution is -2.31. The summed E-state index contributed by atoms with van der Waals surface area (Å²) < 4.78 is 0. The second-order valence-electron chi connectivity index (χ2n) is 5.47. The molecule has 0 saturated carbocycles. The fraction of sp³-hybridized carbons (Fsp3) is 0.333. The molecule has 1 aliphatic rings. The molecule has 2 unspecified atom stereocenters. The summed E-state index contributed by atoms with van der Waals surface area (Å²) in [4.78, 5) is 0. The van der Waals surface area contributed by atoms with E-state index in [2.05, 4.69) is 55.5 Å². The molecule has 1 nitrogen and oxygen atoms in total. The molecule has 0 fully saturated rings. The van der Waals surface area contributed by atoms with E-state index in [1.165, 1.54) is 11.1 Å². The first-order valence-corrected chi connectivity index (χ1v) is 7.11. The van der Waals surface area contributed by atoms with Gasteiger partial charge in [-0.05, 0) is 36.0 Å². The van der Waals surface area contributed by atoms with E-state index in [1.807, 2.05) is 6.07 Å². The van der Waals surface area contributed by atoms with E-state index in [0.29, 0.717) is 5.92 Å². The van der Waals surface area contributed by atoms with Crippen molar-refractivity contribution in [3.05, 3.63) is 71.3 Å². The normalized spacial score (nSPS) is 25.9. The number of rotatable bonds is 2. The predicted octanol–water partition coefficient (Wildman–Crippen LogP) is 4.21. The van der Waals surface area contributed by atoms with Crippen molar-refractivity contribution < 1.29 is 5.11 Å². The number of hydrogen-bond donors (Lipinski definition) is 1. The molecule has 2 aromatic carbocycles. The summed E-state index contributed by atoms with van der Waals surface area (Å²) in [5.41, 5.74) is 3.14. The van der Waals surface area contributed by atoms with Gasteiger partial charge in [-0.15, -0.1) is 0 Å². The fourth-order valence-electron chi connectivity index (χ4n) is 3.30. The third kappa shape index (κ3) is 2.08. The van der Waals surface area contributed by atoms with Crippen LogP contribution < -0.4 is 0 Å². The highest BCUT2D eigenvalue weighted by Crippen LogP contribution is 2.45. The average molecular weight is 252 g/mol. The molecule has 0 aliphatic heterocycles. The van der Waals surface area contributed by atoms with Gasteiger partial charge < -0.3 is 5.11 Å². The maximum Gasteiger partial charge on any atom is 0.0897 e. The Labute approximate surface area is 114 Å². The Bertz CT molecular complexity index is 561. The van der Waals surface area contributed by atoms with E-state index in [4.69, 9.17) is 0 Å². The number of fused-ring (bicyclic) bond motifs is 1. The maximum absolute atomic E-state index is 10.8. The molecule has 98 valence electrons. The SMILES string of the molecule is CCC1(O)CCC(c2ccccc2)c2ccccc21. The Hall–Kier alpha value is -1.60. The summed E-state index contributed by atoms with van der Waals surface area (Å²) >= 11 is 0. The Morgan fingerprint density at radius 1 is 1.05 bits per heavy atom. The number of aliphatic hydroxyl groups is 1. The highest BCUT2D eigenvalue weighted by Gasteiger charge is 2.36. The van der Waals surface area contributed by atoms with Crippen molar-refractivity contribution in [2.24, 2.45) is 0 Å². The summed E-state index contributed by atoms with van der Waals surface area (Å²) in [6.07, 6.45) is 2.65. The standard InChI is InChI=1S/C18H20O/c1-2-18(19)13-12-15(14-8-4-3-5-9-14)16-10-6-7-11-17(16)18/h3-11,15,19H,2,12-13H2,1H3. The molecule has 1 N–H and O–H groups in total. The molecule has 0 amide bonds. The van der Waals surface area contributed by atoms with Crippen molar-refractivity contribution in [1.29, 1.82) is 0 Å². The first-order chi connectivity index (χ1) is 9.24. The third-order valence-electron chi connectivity index (χ3n) is 4.47. The number of hydrogen-bond acceptors (Lipinski definition) is 1. The van der Waals surface area contributed by atoms with Crippen LogP contribution in [0, 0.1) is 0 Å². The van der Waals surface area contributed by atoms with E-state index in [0.717, 1.165) is 24.8 Å². The van der Waals surface area contributed by atoms with Crippen molar-refractivity contribution in [3.63, 3.8) is 0 Å². The van der Waals surface area contributed by atoms with Gasteiger partial charge in [0.05, 0.1) is 5.60 Å². The Balaban J connectivity index is 2.10. The van der Waals surface area contributed by atoms with E-state index >= 15 is 0 Å². The van der Waals surface area contributed by atoms with Gasteiger partial charge in [0.25, 0.3) is 0 Å². The van der Waals surface area contributed by atoms with Gasteiger partial charge in [-0.2, -0.15) is 0 Å². The van der Waals surface area contributed by atoms with Crippen LogP contribution in [0.4, 0.5) is 0 Å². The number of benzene rings is 2. The molecule has 0 saturated heterocycles. The van der Waals surface area contributed by atoms with Crippen LogP contribution in [0.15, 0.2) is 54.6 Å². The van der Waals surface area contributed by atoms with Gasteiger partial charge in [-0.25, -0.2) is 0 Å². The van der Waals surface area contributed by atoms with Crippen molar-refractivity contribution >= 4 is 0 Å². The van der Waals surface area contributed by atoms with Gasteiger partial charge in [0.1, 0.15) is 0 Å². The van der Waals surface area contributed by atoms with Crippen LogP contribution in [0.25, 0.3) is 0 Å². The molecule has 0 aromatic heterocycles. The Morgan fingerprint density at radius 2 is 1.74 bits per heavy atom.